The number of aryl methyl sites for hydroxylation is 2. The molecule has 4 rings (SSSR count). The molecule has 3 aromatic heterocycles. The highest BCUT2D eigenvalue weighted by atomic mass is 32.1. The summed E-state index contributed by atoms with van der Waals surface area (Å²) in [5.41, 5.74) is 3.47. The van der Waals surface area contributed by atoms with Gasteiger partial charge in [-0.2, -0.15) is 5.10 Å². The molecular formula is C19H20N4OS. The third kappa shape index (κ3) is 3.65. The van der Waals surface area contributed by atoms with Crippen LogP contribution in [0.2, 0.25) is 0 Å². The summed E-state index contributed by atoms with van der Waals surface area (Å²) in [6.45, 7) is 3.74. The maximum Gasteiger partial charge on any atom is 0.163 e. The predicted molar refractivity (Wildman–Crippen MR) is 101 cm³/mol. The fourth-order valence-corrected chi connectivity index (χ4v) is 3.74. The molecule has 0 saturated heterocycles. The zero-order chi connectivity index (χ0) is 17.1. The maximum atomic E-state index is 5.94. The molecule has 0 saturated carbocycles. The van der Waals surface area contributed by atoms with E-state index in [2.05, 4.69) is 33.5 Å². The molecule has 1 aromatic carbocycles. The number of nitrogens with zero attached hydrogens (tertiary/aromatic N) is 2. The molecule has 0 atom stereocenters. The van der Waals surface area contributed by atoms with Gasteiger partial charge in [0.2, 0.25) is 0 Å². The van der Waals surface area contributed by atoms with Crippen molar-refractivity contribution >= 4 is 21.6 Å². The van der Waals surface area contributed by atoms with Gasteiger partial charge < -0.3 is 9.73 Å². The number of aromatic amines is 1. The van der Waals surface area contributed by atoms with Crippen molar-refractivity contribution < 1.29 is 4.42 Å². The number of fused-ring (bicyclic) bond motifs is 1. The first-order chi connectivity index (χ1) is 12.3. The van der Waals surface area contributed by atoms with Crippen molar-refractivity contribution in [1.82, 2.24) is 20.5 Å². The van der Waals surface area contributed by atoms with Gasteiger partial charge in [-0.15, -0.1) is 11.3 Å². The third-order valence-electron chi connectivity index (χ3n) is 4.20. The Balaban J connectivity index is 1.30. The smallest absolute Gasteiger partial charge is 0.163 e. The number of para-hydroxylation sites is 1. The Hall–Kier alpha value is -2.44. The minimum absolute atomic E-state index is 0.731. The lowest BCUT2D eigenvalue weighted by Gasteiger charge is -2.02. The van der Waals surface area contributed by atoms with Crippen LogP contribution in [-0.2, 0) is 13.0 Å². The van der Waals surface area contributed by atoms with E-state index in [-0.39, 0.29) is 0 Å². The molecule has 0 radical (unpaired) electrons. The summed E-state index contributed by atoms with van der Waals surface area (Å²) in [6.07, 6.45) is 4.02. The zero-order valence-electron chi connectivity index (χ0n) is 14.1. The molecule has 6 heteroatoms. The molecule has 0 aliphatic carbocycles. The van der Waals surface area contributed by atoms with Crippen LogP contribution in [-0.4, -0.2) is 21.7 Å². The molecule has 0 unspecified atom stereocenters. The number of thiazole rings is 1. The Morgan fingerprint density at radius 1 is 1.20 bits per heavy atom. The SMILES string of the molecule is Cc1[nH]ncc1CCCNCc1ccc(-c2nc3ccccc3s2)o1. The van der Waals surface area contributed by atoms with Crippen molar-refractivity contribution in [3.63, 3.8) is 0 Å². The molecule has 0 bridgehead atoms. The Morgan fingerprint density at radius 3 is 2.96 bits per heavy atom. The lowest BCUT2D eigenvalue weighted by atomic mass is 10.1. The lowest BCUT2D eigenvalue weighted by Crippen LogP contribution is -2.14. The van der Waals surface area contributed by atoms with E-state index in [1.165, 1.54) is 10.3 Å². The number of hydrogen-bond donors (Lipinski definition) is 2. The van der Waals surface area contributed by atoms with Crippen LogP contribution in [0.25, 0.3) is 21.0 Å². The summed E-state index contributed by atoms with van der Waals surface area (Å²) in [6, 6.07) is 12.2. The largest absolute Gasteiger partial charge is 0.457 e. The topological polar surface area (TPSA) is 66.7 Å². The molecule has 4 aromatic rings. The van der Waals surface area contributed by atoms with Gasteiger partial charge in [-0.25, -0.2) is 4.98 Å². The molecule has 0 fully saturated rings. The summed E-state index contributed by atoms with van der Waals surface area (Å²) in [5.74, 6) is 1.78. The summed E-state index contributed by atoms with van der Waals surface area (Å²) in [5, 5.41) is 11.4. The number of hydrogen-bond acceptors (Lipinski definition) is 5. The van der Waals surface area contributed by atoms with E-state index in [4.69, 9.17) is 4.42 Å². The van der Waals surface area contributed by atoms with Gasteiger partial charge in [-0.3, -0.25) is 5.10 Å². The van der Waals surface area contributed by atoms with E-state index in [0.29, 0.717) is 0 Å². The molecule has 0 amide bonds. The summed E-state index contributed by atoms with van der Waals surface area (Å²) >= 11 is 1.66. The van der Waals surface area contributed by atoms with Crippen molar-refractivity contribution in [3.8, 4) is 10.8 Å². The minimum atomic E-state index is 0.731. The van der Waals surface area contributed by atoms with Gasteiger partial charge in [0.05, 0.1) is 23.0 Å². The molecule has 0 spiro atoms. The number of furan rings is 1. The normalized spacial score (nSPS) is 11.4. The second kappa shape index (κ2) is 7.21. The van der Waals surface area contributed by atoms with Crippen LogP contribution in [0.5, 0.6) is 0 Å². The lowest BCUT2D eigenvalue weighted by molar-refractivity contribution is 0.491. The summed E-state index contributed by atoms with van der Waals surface area (Å²) in [4.78, 5) is 4.64. The highest BCUT2D eigenvalue weighted by Gasteiger charge is 2.10. The van der Waals surface area contributed by atoms with Crippen LogP contribution >= 0.6 is 11.3 Å². The predicted octanol–water partition coefficient (Wildman–Crippen LogP) is 4.31. The fourth-order valence-electron chi connectivity index (χ4n) is 2.81. The average molecular weight is 352 g/mol. The molecule has 5 nitrogen and oxygen atoms in total. The first kappa shape index (κ1) is 16.1. The summed E-state index contributed by atoms with van der Waals surface area (Å²) < 4.78 is 7.12. The van der Waals surface area contributed by atoms with Crippen LogP contribution in [0.4, 0.5) is 0 Å². The Kier molecular flexibility index (Phi) is 4.63. The Bertz CT molecular complexity index is 936. The second-order valence-corrected chi connectivity index (χ2v) is 7.08. The van der Waals surface area contributed by atoms with Crippen molar-refractivity contribution in [2.24, 2.45) is 0 Å². The zero-order valence-corrected chi connectivity index (χ0v) is 14.9. The van der Waals surface area contributed by atoms with Gasteiger partial charge in [0.1, 0.15) is 5.76 Å². The fraction of sp³-hybridized carbons (Fsp3) is 0.263. The molecule has 2 N–H and O–H groups in total. The van der Waals surface area contributed by atoms with Gasteiger partial charge in [-0.1, -0.05) is 12.1 Å². The van der Waals surface area contributed by atoms with Crippen LogP contribution in [0.15, 0.2) is 47.0 Å². The van der Waals surface area contributed by atoms with E-state index < -0.39 is 0 Å². The van der Waals surface area contributed by atoms with E-state index in [1.807, 2.05) is 36.5 Å². The molecule has 25 heavy (non-hydrogen) atoms. The second-order valence-electron chi connectivity index (χ2n) is 6.05. The quantitative estimate of drug-likeness (QED) is 0.486. The Labute approximate surface area is 150 Å². The van der Waals surface area contributed by atoms with Crippen molar-refractivity contribution in [2.75, 3.05) is 6.54 Å². The van der Waals surface area contributed by atoms with Crippen molar-refractivity contribution in [1.29, 1.82) is 0 Å². The van der Waals surface area contributed by atoms with Crippen molar-refractivity contribution in [2.45, 2.75) is 26.3 Å². The highest BCUT2D eigenvalue weighted by molar-refractivity contribution is 7.21. The van der Waals surface area contributed by atoms with Crippen LogP contribution in [0.3, 0.4) is 0 Å². The number of benzene rings is 1. The number of rotatable bonds is 7. The van der Waals surface area contributed by atoms with Crippen LogP contribution in [0.1, 0.15) is 23.4 Å². The van der Waals surface area contributed by atoms with Gasteiger partial charge >= 0.3 is 0 Å². The number of nitrogens with one attached hydrogen (secondary N) is 2. The van der Waals surface area contributed by atoms with E-state index in [1.54, 1.807) is 11.3 Å². The maximum absolute atomic E-state index is 5.94. The molecular weight excluding hydrogens is 332 g/mol. The van der Waals surface area contributed by atoms with Gasteiger partial charge in [0, 0.05) is 5.69 Å². The number of H-pyrrole nitrogens is 1. The molecule has 128 valence electrons. The van der Waals surface area contributed by atoms with E-state index >= 15 is 0 Å². The van der Waals surface area contributed by atoms with Gasteiger partial charge in [0.15, 0.2) is 10.8 Å². The molecule has 3 heterocycles. The summed E-state index contributed by atoms with van der Waals surface area (Å²) in [7, 11) is 0. The van der Waals surface area contributed by atoms with E-state index in [9.17, 15) is 0 Å². The first-order valence-corrected chi connectivity index (χ1v) is 9.25. The Morgan fingerprint density at radius 2 is 2.12 bits per heavy atom. The standard InChI is InChI=1S/C19H20N4OS/c1-13-14(11-21-23-13)5-4-10-20-12-15-8-9-17(24-15)19-22-16-6-2-3-7-18(16)25-19/h2-3,6-9,11,20H,4-5,10,12H2,1H3,(H,21,23). The van der Waals surface area contributed by atoms with Gasteiger partial charge in [-0.05, 0) is 56.1 Å². The monoisotopic (exact) mass is 352 g/mol. The number of aromatic nitrogens is 3. The highest BCUT2D eigenvalue weighted by Crippen LogP contribution is 2.31. The van der Waals surface area contributed by atoms with Gasteiger partial charge in [0.25, 0.3) is 0 Å². The first-order valence-electron chi connectivity index (χ1n) is 8.44. The van der Waals surface area contributed by atoms with Crippen LogP contribution < -0.4 is 5.32 Å². The molecule has 0 aliphatic heterocycles. The van der Waals surface area contributed by atoms with E-state index in [0.717, 1.165) is 53.7 Å². The molecule has 0 aliphatic rings. The minimum Gasteiger partial charge on any atom is -0.457 e. The van der Waals surface area contributed by atoms with Crippen molar-refractivity contribution in [3.05, 3.63) is 59.6 Å². The van der Waals surface area contributed by atoms with Crippen LogP contribution in [0, 0.1) is 6.92 Å². The third-order valence-corrected chi connectivity index (χ3v) is 5.25. The average Bonchev–Trinajstić information content (AvgIpc) is 3.34.